The van der Waals surface area contributed by atoms with Crippen LogP contribution in [0, 0.1) is 0 Å². The van der Waals surface area contributed by atoms with Crippen molar-refractivity contribution in [1.29, 1.82) is 0 Å². The van der Waals surface area contributed by atoms with Crippen molar-refractivity contribution >= 4 is 11.9 Å². The molecule has 1 aromatic carbocycles. The van der Waals surface area contributed by atoms with Gasteiger partial charge in [-0.05, 0) is 31.2 Å². The smallest absolute Gasteiger partial charge is 0.315 e. The molecule has 1 heterocycles. The first-order valence-corrected chi connectivity index (χ1v) is 9.62. The molecule has 2 fully saturated rings. The Bertz CT molecular complexity index is 564. The van der Waals surface area contributed by atoms with E-state index in [1.54, 1.807) is 0 Å². The van der Waals surface area contributed by atoms with E-state index in [9.17, 15) is 9.59 Å². The lowest BCUT2D eigenvalue weighted by atomic mass is 9.96. The minimum Gasteiger partial charge on any atom is -0.341 e. The van der Waals surface area contributed by atoms with Gasteiger partial charge in [0.25, 0.3) is 0 Å². The van der Waals surface area contributed by atoms with Crippen LogP contribution in [0.2, 0.25) is 0 Å². The highest BCUT2D eigenvalue weighted by molar-refractivity contribution is 5.87. The van der Waals surface area contributed by atoms with Gasteiger partial charge in [0.15, 0.2) is 0 Å². The molecule has 3 amide bonds. The van der Waals surface area contributed by atoms with Gasteiger partial charge in [0.05, 0.1) is 0 Å². The van der Waals surface area contributed by atoms with Gasteiger partial charge in [-0.25, -0.2) is 4.79 Å². The number of benzene rings is 1. The number of hydrogen-bond acceptors (Lipinski definition) is 2. The van der Waals surface area contributed by atoms with Crippen molar-refractivity contribution in [1.82, 2.24) is 15.5 Å². The van der Waals surface area contributed by atoms with Gasteiger partial charge >= 0.3 is 6.03 Å². The molecule has 0 unspecified atom stereocenters. The highest BCUT2D eigenvalue weighted by Crippen LogP contribution is 2.17. The molecule has 5 nitrogen and oxygen atoms in total. The van der Waals surface area contributed by atoms with E-state index < -0.39 is 6.04 Å². The molecule has 136 valence electrons. The summed E-state index contributed by atoms with van der Waals surface area (Å²) in [4.78, 5) is 27.2. The molecule has 0 spiro atoms. The fraction of sp³-hybridized carbons (Fsp3) is 0.600. The fourth-order valence-corrected chi connectivity index (χ4v) is 3.84. The van der Waals surface area contributed by atoms with Gasteiger partial charge in [0.1, 0.15) is 6.04 Å². The maximum Gasteiger partial charge on any atom is 0.315 e. The number of nitrogens with one attached hydrogen (secondary N) is 2. The van der Waals surface area contributed by atoms with Gasteiger partial charge < -0.3 is 15.5 Å². The summed E-state index contributed by atoms with van der Waals surface area (Å²) in [6.45, 7) is 1.60. The SMILES string of the molecule is O=C(NC1CCCCC1)N[C@H](Cc1ccccc1)C(=O)N1CCCC1. The van der Waals surface area contributed by atoms with Crippen molar-refractivity contribution in [3.8, 4) is 0 Å². The van der Waals surface area contributed by atoms with Crippen LogP contribution >= 0.6 is 0 Å². The summed E-state index contributed by atoms with van der Waals surface area (Å²) >= 11 is 0. The monoisotopic (exact) mass is 343 g/mol. The van der Waals surface area contributed by atoms with Gasteiger partial charge in [-0.15, -0.1) is 0 Å². The van der Waals surface area contributed by atoms with Crippen LogP contribution in [-0.4, -0.2) is 42.0 Å². The van der Waals surface area contributed by atoms with Crippen LogP contribution in [0.25, 0.3) is 0 Å². The molecule has 2 aliphatic rings. The van der Waals surface area contributed by atoms with E-state index in [4.69, 9.17) is 0 Å². The standard InChI is InChI=1S/C20H29N3O2/c24-19(23-13-7-8-14-23)18(15-16-9-3-1-4-10-16)22-20(25)21-17-11-5-2-6-12-17/h1,3-4,9-10,17-18H,2,5-8,11-15H2,(H2,21,22,25)/t18-/m1/s1. The first-order valence-electron chi connectivity index (χ1n) is 9.62. The average Bonchev–Trinajstić information content (AvgIpc) is 3.17. The van der Waals surface area contributed by atoms with Crippen molar-refractivity contribution < 1.29 is 9.59 Å². The lowest BCUT2D eigenvalue weighted by Crippen LogP contribution is -2.53. The zero-order chi connectivity index (χ0) is 17.5. The summed E-state index contributed by atoms with van der Waals surface area (Å²) in [5, 5.41) is 6.01. The molecule has 25 heavy (non-hydrogen) atoms. The quantitative estimate of drug-likeness (QED) is 0.863. The van der Waals surface area contributed by atoms with Crippen molar-refractivity contribution in [2.24, 2.45) is 0 Å². The minimum absolute atomic E-state index is 0.0418. The maximum absolute atomic E-state index is 12.9. The van der Waals surface area contributed by atoms with Crippen LogP contribution in [-0.2, 0) is 11.2 Å². The third-order valence-corrected chi connectivity index (χ3v) is 5.24. The molecular formula is C20H29N3O2. The topological polar surface area (TPSA) is 61.4 Å². The average molecular weight is 343 g/mol. The lowest BCUT2D eigenvalue weighted by molar-refractivity contribution is -0.132. The van der Waals surface area contributed by atoms with E-state index in [1.165, 1.54) is 19.3 Å². The van der Waals surface area contributed by atoms with E-state index in [2.05, 4.69) is 10.6 Å². The van der Waals surface area contributed by atoms with Crippen molar-refractivity contribution in [3.05, 3.63) is 35.9 Å². The molecule has 1 aromatic rings. The van der Waals surface area contributed by atoms with Crippen LogP contribution in [0.1, 0.15) is 50.5 Å². The third kappa shape index (κ3) is 5.21. The Hall–Kier alpha value is -2.04. The predicted molar refractivity (Wildman–Crippen MR) is 98.3 cm³/mol. The number of hydrogen-bond donors (Lipinski definition) is 2. The number of urea groups is 1. The Morgan fingerprint density at radius 2 is 1.68 bits per heavy atom. The number of amides is 3. The number of carbonyl (C=O) groups excluding carboxylic acids is 2. The van der Waals surface area contributed by atoms with Crippen molar-refractivity contribution in [2.45, 2.75) is 63.5 Å². The van der Waals surface area contributed by atoms with E-state index >= 15 is 0 Å². The summed E-state index contributed by atoms with van der Waals surface area (Å²) in [5.41, 5.74) is 1.07. The lowest BCUT2D eigenvalue weighted by Gasteiger charge is -2.27. The van der Waals surface area contributed by atoms with Crippen LogP contribution in [0.3, 0.4) is 0 Å². The molecule has 0 bridgehead atoms. The summed E-state index contributed by atoms with van der Waals surface area (Å²) in [7, 11) is 0. The molecule has 0 radical (unpaired) electrons. The molecule has 3 rings (SSSR count). The van der Waals surface area contributed by atoms with Crippen molar-refractivity contribution in [3.63, 3.8) is 0 Å². The van der Waals surface area contributed by atoms with Gasteiger partial charge in [0, 0.05) is 25.6 Å². The molecule has 1 aliphatic heterocycles. The molecule has 2 N–H and O–H groups in total. The number of rotatable bonds is 5. The Morgan fingerprint density at radius 1 is 1.00 bits per heavy atom. The van der Waals surface area contributed by atoms with Crippen molar-refractivity contribution in [2.75, 3.05) is 13.1 Å². The molecule has 0 aromatic heterocycles. The predicted octanol–water partition coefficient (Wildman–Crippen LogP) is 2.85. The summed E-state index contributed by atoms with van der Waals surface area (Å²) in [6, 6.07) is 9.45. The second kappa shape index (κ2) is 8.88. The molecular weight excluding hydrogens is 314 g/mol. The Labute approximate surface area is 150 Å². The molecule has 1 saturated carbocycles. The van der Waals surface area contributed by atoms with E-state index in [0.717, 1.165) is 44.3 Å². The van der Waals surface area contributed by atoms with Crippen LogP contribution < -0.4 is 10.6 Å². The summed E-state index contributed by atoms with van der Waals surface area (Å²) < 4.78 is 0. The normalized spacial score (nSPS) is 19.4. The molecule has 1 atom stereocenters. The first kappa shape index (κ1) is 17.8. The van der Waals surface area contributed by atoms with Gasteiger partial charge in [-0.2, -0.15) is 0 Å². The molecule has 5 heteroatoms. The maximum atomic E-state index is 12.9. The largest absolute Gasteiger partial charge is 0.341 e. The highest BCUT2D eigenvalue weighted by Gasteiger charge is 2.28. The van der Waals surface area contributed by atoms with E-state index in [0.29, 0.717) is 6.42 Å². The second-order valence-corrected chi connectivity index (χ2v) is 7.23. The summed E-state index contributed by atoms with van der Waals surface area (Å²) in [6.07, 6.45) is 8.32. The van der Waals surface area contributed by atoms with Gasteiger partial charge in [-0.3, -0.25) is 4.79 Å². The number of nitrogens with zero attached hydrogens (tertiary/aromatic N) is 1. The van der Waals surface area contributed by atoms with Gasteiger partial charge in [0.2, 0.25) is 5.91 Å². The molecule has 1 saturated heterocycles. The second-order valence-electron chi connectivity index (χ2n) is 7.23. The highest BCUT2D eigenvalue weighted by atomic mass is 16.2. The fourth-order valence-electron chi connectivity index (χ4n) is 3.84. The Morgan fingerprint density at radius 3 is 2.36 bits per heavy atom. The van der Waals surface area contributed by atoms with E-state index in [-0.39, 0.29) is 18.0 Å². The zero-order valence-electron chi connectivity index (χ0n) is 14.9. The third-order valence-electron chi connectivity index (χ3n) is 5.24. The molecule has 1 aliphatic carbocycles. The van der Waals surface area contributed by atoms with Crippen LogP contribution in [0.5, 0.6) is 0 Å². The minimum atomic E-state index is -0.496. The van der Waals surface area contributed by atoms with Crippen LogP contribution in [0.4, 0.5) is 4.79 Å². The number of likely N-dealkylation sites (tertiary alicyclic amines) is 1. The first-order chi connectivity index (χ1) is 12.2. The Balaban J connectivity index is 1.62. The zero-order valence-corrected chi connectivity index (χ0v) is 14.9. The summed E-state index contributed by atoms with van der Waals surface area (Å²) in [5.74, 6) is 0.0418. The van der Waals surface area contributed by atoms with Gasteiger partial charge in [-0.1, -0.05) is 49.6 Å². The Kier molecular flexibility index (Phi) is 6.31. The number of carbonyl (C=O) groups is 2. The van der Waals surface area contributed by atoms with Crippen LogP contribution in [0.15, 0.2) is 30.3 Å². The van der Waals surface area contributed by atoms with E-state index in [1.807, 2.05) is 35.2 Å².